The summed E-state index contributed by atoms with van der Waals surface area (Å²) in [6, 6.07) is 8.21. The van der Waals surface area contributed by atoms with E-state index < -0.39 is 0 Å². The monoisotopic (exact) mass is 221 g/mol. The van der Waals surface area contributed by atoms with Crippen molar-refractivity contribution in [3.63, 3.8) is 0 Å². The lowest BCUT2D eigenvalue weighted by Gasteiger charge is -2.07. The van der Waals surface area contributed by atoms with E-state index in [1.165, 1.54) is 18.4 Å². The summed E-state index contributed by atoms with van der Waals surface area (Å²) in [4.78, 5) is 0. The maximum atomic E-state index is 5.63. The zero-order valence-electron chi connectivity index (χ0n) is 10.5. The molecule has 1 rings (SSSR count). The van der Waals surface area contributed by atoms with Gasteiger partial charge in [-0.3, -0.25) is 0 Å². The van der Waals surface area contributed by atoms with Crippen LogP contribution in [-0.2, 0) is 0 Å². The van der Waals surface area contributed by atoms with E-state index >= 15 is 0 Å². The van der Waals surface area contributed by atoms with E-state index in [0.29, 0.717) is 0 Å². The number of benzene rings is 1. The van der Waals surface area contributed by atoms with Gasteiger partial charge in [-0.15, -0.1) is 0 Å². The van der Waals surface area contributed by atoms with Crippen LogP contribution in [0.1, 0.15) is 31.7 Å². The molecule has 0 spiro atoms. The Hall–Kier alpha value is -1.02. The summed E-state index contributed by atoms with van der Waals surface area (Å²) >= 11 is 0. The van der Waals surface area contributed by atoms with E-state index in [1.54, 1.807) is 0 Å². The number of aryl methyl sites for hydroxylation is 1. The van der Waals surface area contributed by atoms with Crippen molar-refractivity contribution in [2.45, 2.75) is 33.1 Å². The maximum absolute atomic E-state index is 5.63. The summed E-state index contributed by atoms with van der Waals surface area (Å²) < 4.78 is 5.63. The lowest BCUT2D eigenvalue weighted by molar-refractivity contribution is 0.308. The number of unbranched alkanes of at least 4 members (excludes halogenated alkanes) is 1. The van der Waals surface area contributed by atoms with Crippen molar-refractivity contribution in [2.75, 3.05) is 19.7 Å². The zero-order chi connectivity index (χ0) is 11.6. The van der Waals surface area contributed by atoms with Crippen LogP contribution in [0.25, 0.3) is 0 Å². The maximum Gasteiger partial charge on any atom is 0.119 e. The van der Waals surface area contributed by atoms with Crippen molar-refractivity contribution in [3.8, 4) is 5.75 Å². The molecule has 0 radical (unpaired) electrons. The van der Waals surface area contributed by atoms with Gasteiger partial charge in [-0.05, 0) is 45.0 Å². The highest BCUT2D eigenvalue weighted by Gasteiger charge is 1.93. The van der Waals surface area contributed by atoms with E-state index in [0.717, 1.165) is 31.9 Å². The van der Waals surface area contributed by atoms with Gasteiger partial charge < -0.3 is 10.1 Å². The molecule has 0 amide bonds. The second-order valence-corrected chi connectivity index (χ2v) is 4.12. The SMILES string of the molecule is CCCCNCCCOc1ccc(C)cc1. The molecule has 0 aliphatic rings. The fourth-order valence-corrected chi connectivity index (χ4v) is 1.45. The van der Waals surface area contributed by atoms with Crippen LogP contribution in [0.2, 0.25) is 0 Å². The Morgan fingerprint density at radius 3 is 2.44 bits per heavy atom. The Labute approximate surface area is 99.0 Å². The summed E-state index contributed by atoms with van der Waals surface area (Å²) in [5.74, 6) is 0.971. The molecule has 0 saturated heterocycles. The predicted octanol–water partition coefficient (Wildman–Crippen LogP) is 3.15. The van der Waals surface area contributed by atoms with Crippen molar-refractivity contribution in [3.05, 3.63) is 29.8 Å². The zero-order valence-corrected chi connectivity index (χ0v) is 10.5. The third kappa shape index (κ3) is 5.76. The van der Waals surface area contributed by atoms with Crippen LogP contribution >= 0.6 is 0 Å². The van der Waals surface area contributed by atoms with Crippen molar-refractivity contribution >= 4 is 0 Å². The third-order valence-corrected chi connectivity index (χ3v) is 2.49. The first-order valence-electron chi connectivity index (χ1n) is 6.23. The summed E-state index contributed by atoms with van der Waals surface area (Å²) in [5.41, 5.74) is 1.27. The second kappa shape index (κ2) is 8.17. The molecule has 0 atom stereocenters. The van der Waals surface area contributed by atoms with Crippen LogP contribution in [0.5, 0.6) is 5.75 Å². The van der Waals surface area contributed by atoms with Crippen LogP contribution in [0.15, 0.2) is 24.3 Å². The average Bonchev–Trinajstić information content (AvgIpc) is 2.30. The van der Waals surface area contributed by atoms with Crippen LogP contribution in [0.3, 0.4) is 0 Å². The Morgan fingerprint density at radius 2 is 1.75 bits per heavy atom. The quantitative estimate of drug-likeness (QED) is 0.681. The van der Waals surface area contributed by atoms with E-state index in [-0.39, 0.29) is 0 Å². The third-order valence-electron chi connectivity index (χ3n) is 2.49. The largest absolute Gasteiger partial charge is 0.494 e. The van der Waals surface area contributed by atoms with Gasteiger partial charge in [0.05, 0.1) is 6.61 Å². The molecule has 0 fully saturated rings. The van der Waals surface area contributed by atoms with E-state index in [1.807, 2.05) is 12.1 Å². The first kappa shape index (κ1) is 13.0. The molecule has 16 heavy (non-hydrogen) atoms. The average molecular weight is 221 g/mol. The van der Waals surface area contributed by atoms with Gasteiger partial charge in [0.1, 0.15) is 5.75 Å². The molecule has 0 aliphatic carbocycles. The van der Waals surface area contributed by atoms with Gasteiger partial charge in [0.25, 0.3) is 0 Å². The highest BCUT2D eigenvalue weighted by Crippen LogP contribution is 2.11. The van der Waals surface area contributed by atoms with Gasteiger partial charge >= 0.3 is 0 Å². The summed E-state index contributed by atoms with van der Waals surface area (Å²) in [6.07, 6.45) is 3.59. The predicted molar refractivity (Wildman–Crippen MR) is 69.1 cm³/mol. The first-order valence-corrected chi connectivity index (χ1v) is 6.23. The molecule has 2 heteroatoms. The molecule has 0 unspecified atom stereocenters. The van der Waals surface area contributed by atoms with Gasteiger partial charge in [-0.1, -0.05) is 31.0 Å². The number of hydrogen-bond donors (Lipinski definition) is 1. The van der Waals surface area contributed by atoms with Crippen LogP contribution in [-0.4, -0.2) is 19.7 Å². The van der Waals surface area contributed by atoms with Crippen molar-refractivity contribution in [2.24, 2.45) is 0 Å². The van der Waals surface area contributed by atoms with Gasteiger partial charge in [0, 0.05) is 0 Å². The molecule has 0 saturated carbocycles. The van der Waals surface area contributed by atoms with Gasteiger partial charge in [-0.2, -0.15) is 0 Å². The number of rotatable bonds is 8. The number of ether oxygens (including phenoxy) is 1. The molecule has 1 aromatic rings. The van der Waals surface area contributed by atoms with Crippen molar-refractivity contribution < 1.29 is 4.74 Å². The molecule has 90 valence electrons. The van der Waals surface area contributed by atoms with Gasteiger partial charge in [-0.25, -0.2) is 0 Å². The van der Waals surface area contributed by atoms with E-state index in [2.05, 4.69) is 31.3 Å². The molecule has 1 aromatic carbocycles. The normalized spacial score (nSPS) is 10.4. The fourth-order valence-electron chi connectivity index (χ4n) is 1.45. The second-order valence-electron chi connectivity index (χ2n) is 4.12. The van der Waals surface area contributed by atoms with E-state index in [4.69, 9.17) is 4.74 Å². The van der Waals surface area contributed by atoms with Gasteiger partial charge in [0.15, 0.2) is 0 Å². The Kier molecular flexibility index (Phi) is 6.66. The smallest absolute Gasteiger partial charge is 0.119 e. The topological polar surface area (TPSA) is 21.3 Å². The minimum absolute atomic E-state index is 0.794. The Bertz CT molecular complexity index is 269. The standard InChI is InChI=1S/C14H23NO/c1-3-4-10-15-11-5-12-16-14-8-6-13(2)7-9-14/h6-9,15H,3-5,10-12H2,1-2H3. The first-order chi connectivity index (χ1) is 7.83. The minimum atomic E-state index is 0.794. The molecular formula is C14H23NO. The Morgan fingerprint density at radius 1 is 1.06 bits per heavy atom. The van der Waals surface area contributed by atoms with E-state index in [9.17, 15) is 0 Å². The molecule has 0 heterocycles. The Balaban J connectivity index is 2.01. The molecule has 1 N–H and O–H groups in total. The molecule has 0 aromatic heterocycles. The summed E-state index contributed by atoms with van der Waals surface area (Å²) in [5, 5.41) is 3.40. The van der Waals surface area contributed by atoms with Crippen LogP contribution < -0.4 is 10.1 Å². The number of nitrogens with one attached hydrogen (secondary N) is 1. The molecule has 0 aliphatic heterocycles. The summed E-state index contributed by atoms with van der Waals surface area (Å²) in [7, 11) is 0. The van der Waals surface area contributed by atoms with Crippen molar-refractivity contribution in [1.29, 1.82) is 0 Å². The molecular weight excluding hydrogens is 198 g/mol. The van der Waals surface area contributed by atoms with Crippen LogP contribution in [0.4, 0.5) is 0 Å². The highest BCUT2D eigenvalue weighted by molar-refractivity contribution is 5.26. The highest BCUT2D eigenvalue weighted by atomic mass is 16.5. The fraction of sp³-hybridized carbons (Fsp3) is 0.571. The van der Waals surface area contributed by atoms with Crippen molar-refractivity contribution in [1.82, 2.24) is 5.32 Å². The minimum Gasteiger partial charge on any atom is -0.494 e. The molecule has 0 bridgehead atoms. The number of hydrogen-bond acceptors (Lipinski definition) is 2. The van der Waals surface area contributed by atoms with Gasteiger partial charge in [0.2, 0.25) is 0 Å². The lowest BCUT2D eigenvalue weighted by atomic mass is 10.2. The van der Waals surface area contributed by atoms with Crippen LogP contribution in [0, 0.1) is 6.92 Å². The lowest BCUT2D eigenvalue weighted by Crippen LogP contribution is -2.18. The molecule has 2 nitrogen and oxygen atoms in total. The summed E-state index contributed by atoms with van der Waals surface area (Å²) in [6.45, 7) is 7.26.